The van der Waals surface area contributed by atoms with Crippen molar-refractivity contribution >= 4 is 21.4 Å². The molecule has 2 rings (SSSR count). The zero-order valence-electron chi connectivity index (χ0n) is 10.9. The van der Waals surface area contributed by atoms with E-state index in [2.05, 4.69) is 9.71 Å². The van der Waals surface area contributed by atoms with Crippen LogP contribution >= 0.6 is 0 Å². The molecule has 21 heavy (non-hydrogen) atoms. The molecular formula is C12H11N3O5S. The van der Waals surface area contributed by atoms with Crippen LogP contribution in [0.1, 0.15) is 0 Å². The summed E-state index contributed by atoms with van der Waals surface area (Å²) in [7, 11) is -2.61. The van der Waals surface area contributed by atoms with Crippen LogP contribution in [0.25, 0.3) is 0 Å². The maximum absolute atomic E-state index is 12.2. The van der Waals surface area contributed by atoms with Gasteiger partial charge in [0.1, 0.15) is 11.9 Å². The number of methoxy groups -OCH3 is 1. The van der Waals surface area contributed by atoms with E-state index in [1.807, 2.05) is 0 Å². The Labute approximate surface area is 120 Å². The average Bonchev–Trinajstić information content (AvgIpc) is 2.47. The molecule has 110 valence electrons. The zero-order valence-corrected chi connectivity index (χ0v) is 11.7. The van der Waals surface area contributed by atoms with Crippen LogP contribution in [-0.2, 0) is 10.0 Å². The van der Waals surface area contributed by atoms with Gasteiger partial charge >= 0.3 is 5.69 Å². The van der Waals surface area contributed by atoms with Crippen LogP contribution in [0.4, 0.5) is 11.4 Å². The second-order valence-corrected chi connectivity index (χ2v) is 5.60. The first-order valence-electron chi connectivity index (χ1n) is 5.70. The van der Waals surface area contributed by atoms with Gasteiger partial charge in [0.25, 0.3) is 10.0 Å². The van der Waals surface area contributed by atoms with Gasteiger partial charge in [-0.15, -0.1) is 0 Å². The van der Waals surface area contributed by atoms with Crippen LogP contribution in [0.3, 0.4) is 0 Å². The molecule has 0 radical (unpaired) electrons. The fourth-order valence-electron chi connectivity index (χ4n) is 1.57. The quantitative estimate of drug-likeness (QED) is 0.666. The van der Waals surface area contributed by atoms with Crippen molar-refractivity contribution in [2.45, 2.75) is 4.90 Å². The Morgan fingerprint density at radius 2 is 1.95 bits per heavy atom. The standard InChI is InChI=1S/C12H11N3O5S/c1-20-12-7-10(11(8-13-12)15(16)17)14-21(18,19)9-5-3-2-4-6-9/h2-8H,1H3,(H,13,14). The van der Waals surface area contributed by atoms with Gasteiger partial charge in [-0.1, -0.05) is 18.2 Å². The number of nitro groups is 1. The van der Waals surface area contributed by atoms with Crippen LogP contribution in [0.2, 0.25) is 0 Å². The Kier molecular flexibility index (Phi) is 4.03. The number of pyridine rings is 1. The van der Waals surface area contributed by atoms with Crippen molar-refractivity contribution in [1.82, 2.24) is 4.98 Å². The van der Waals surface area contributed by atoms with E-state index in [4.69, 9.17) is 4.74 Å². The first kappa shape index (κ1) is 14.7. The Balaban J connectivity index is 2.45. The van der Waals surface area contributed by atoms with Gasteiger partial charge in [0, 0.05) is 6.07 Å². The normalized spacial score (nSPS) is 10.9. The molecule has 9 heteroatoms. The maximum Gasteiger partial charge on any atom is 0.311 e. The minimum absolute atomic E-state index is 0.00456. The highest BCUT2D eigenvalue weighted by atomic mass is 32.2. The van der Waals surface area contributed by atoms with Gasteiger partial charge in [-0.05, 0) is 12.1 Å². The first-order valence-corrected chi connectivity index (χ1v) is 7.18. The molecule has 1 heterocycles. The van der Waals surface area contributed by atoms with E-state index in [9.17, 15) is 18.5 Å². The van der Waals surface area contributed by atoms with E-state index in [1.54, 1.807) is 18.2 Å². The maximum atomic E-state index is 12.2. The number of nitrogens with one attached hydrogen (secondary N) is 1. The van der Waals surface area contributed by atoms with Crippen LogP contribution in [0.15, 0.2) is 47.5 Å². The van der Waals surface area contributed by atoms with Crippen molar-refractivity contribution in [1.29, 1.82) is 0 Å². The summed E-state index contributed by atoms with van der Waals surface area (Å²) in [5.74, 6) is 0.0614. The van der Waals surface area contributed by atoms with Crippen molar-refractivity contribution in [3.8, 4) is 5.88 Å². The molecule has 0 unspecified atom stereocenters. The van der Waals surface area contributed by atoms with Gasteiger partial charge in [-0.3, -0.25) is 14.8 Å². The summed E-state index contributed by atoms with van der Waals surface area (Å²) in [5, 5.41) is 10.9. The molecule has 0 bridgehead atoms. The summed E-state index contributed by atoms with van der Waals surface area (Å²) >= 11 is 0. The molecule has 1 aromatic heterocycles. The smallest absolute Gasteiger partial charge is 0.311 e. The third-order valence-electron chi connectivity index (χ3n) is 2.56. The fraction of sp³-hybridized carbons (Fsp3) is 0.0833. The first-order chi connectivity index (χ1) is 9.94. The summed E-state index contributed by atoms with van der Waals surface area (Å²) in [6.07, 6.45) is 0.932. The van der Waals surface area contributed by atoms with E-state index in [1.165, 1.54) is 19.2 Å². The second-order valence-electron chi connectivity index (χ2n) is 3.92. The molecule has 0 atom stereocenters. The molecule has 1 aromatic carbocycles. The summed E-state index contributed by atoms with van der Waals surface area (Å²) in [6, 6.07) is 8.68. The van der Waals surface area contributed by atoms with Crippen LogP contribution < -0.4 is 9.46 Å². The number of anilines is 1. The Bertz CT molecular complexity index is 762. The number of ether oxygens (including phenoxy) is 1. The lowest BCUT2D eigenvalue weighted by Crippen LogP contribution is -2.14. The second kappa shape index (κ2) is 5.75. The third kappa shape index (κ3) is 3.26. The largest absolute Gasteiger partial charge is 0.481 e. The molecular weight excluding hydrogens is 298 g/mol. The topological polar surface area (TPSA) is 111 Å². The fourth-order valence-corrected chi connectivity index (χ4v) is 2.66. The Morgan fingerprint density at radius 1 is 1.29 bits per heavy atom. The monoisotopic (exact) mass is 309 g/mol. The number of rotatable bonds is 5. The Hall–Kier alpha value is -2.68. The van der Waals surface area contributed by atoms with Crippen molar-refractivity contribution in [2.24, 2.45) is 0 Å². The number of benzene rings is 1. The molecule has 0 saturated carbocycles. The van der Waals surface area contributed by atoms with Crippen molar-refractivity contribution in [3.05, 3.63) is 52.7 Å². The number of hydrogen-bond donors (Lipinski definition) is 1. The minimum Gasteiger partial charge on any atom is -0.481 e. The van der Waals surface area contributed by atoms with Crippen LogP contribution in [-0.4, -0.2) is 25.4 Å². The lowest BCUT2D eigenvalue weighted by molar-refractivity contribution is -0.384. The predicted molar refractivity (Wildman–Crippen MR) is 74.7 cm³/mol. The summed E-state index contributed by atoms with van der Waals surface area (Å²) < 4.78 is 31.4. The molecule has 0 aliphatic heterocycles. The molecule has 1 N–H and O–H groups in total. The predicted octanol–water partition coefficient (Wildman–Crippen LogP) is 1.80. The summed E-state index contributed by atoms with van der Waals surface area (Å²) in [4.78, 5) is 13.9. The molecule has 0 spiro atoms. The van der Waals surface area contributed by atoms with E-state index >= 15 is 0 Å². The SMILES string of the molecule is COc1cc(NS(=O)(=O)c2ccccc2)c([N+](=O)[O-])cn1. The average molecular weight is 309 g/mol. The van der Waals surface area contributed by atoms with E-state index in [0.717, 1.165) is 12.3 Å². The molecule has 0 aliphatic rings. The van der Waals surface area contributed by atoms with Crippen molar-refractivity contribution < 1.29 is 18.1 Å². The van der Waals surface area contributed by atoms with Gasteiger partial charge in [0.2, 0.25) is 5.88 Å². The van der Waals surface area contributed by atoms with Gasteiger partial charge in [-0.25, -0.2) is 13.4 Å². The molecule has 2 aromatic rings. The molecule has 0 saturated heterocycles. The highest BCUT2D eigenvalue weighted by Gasteiger charge is 2.22. The summed E-state index contributed by atoms with van der Waals surface area (Å²) in [5.41, 5.74) is -0.675. The molecule has 0 amide bonds. The van der Waals surface area contributed by atoms with E-state index in [-0.39, 0.29) is 16.5 Å². The van der Waals surface area contributed by atoms with Gasteiger partial charge in [0.05, 0.1) is 16.9 Å². The summed E-state index contributed by atoms with van der Waals surface area (Å²) in [6.45, 7) is 0. The molecule has 0 aliphatic carbocycles. The zero-order chi connectivity index (χ0) is 15.5. The van der Waals surface area contributed by atoms with Crippen molar-refractivity contribution in [2.75, 3.05) is 11.8 Å². The number of nitrogens with zero attached hydrogens (tertiary/aromatic N) is 2. The number of aromatic nitrogens is 1. The lowest BCUT2D eigenvalue weighted by Gasteiger charge is -2.09. The molecule has 8 nitrogen and oxygen atoms in total. The van der Waals surface area contributed by atoms with Crippen LogP contribution in [0, 0.1) is 10.1 Å². The third-order valence-corrected chi connectivity index (χ3v) is 3.94. The number of sulfonamides is 1. The van der Waals surface area contributed by atoms with Gasteiger partial charge in [0.15, 0.2) is 0 Å². The molecule has 0 fully saturated rings. The Morgan fingerprint density at radius 3 is 2.52 bits per heavy atom. The van der Waals surface area contributed by atoms with Gasteiger partial charge < -0.3 is 4.74 Å². The number of hydrogen-bond acceptors (Lipinski definition) is 6. The van der Waals surface area contributed by atoms with Crippen molar-refractivity contribution in [3.63, 3.8) is 0 Å². The van der Waals surface area contributed by atoms with E-state index < -0.39 is 20.6 Å². The highest BCUT2D eigenvalue weighted by molar-refractivity contribution is 7.92. The van der Waals surface area contributed by atoms with Gasteiger partial charge in [-0.2, -0.15) is 0 Å². The minimum atomic E-state index is -3.93. The highest BCUT2D eigenvalue weighted by Crippen LogP contribution is 2.28. The van der Waals surface area contributed by atoms with Crippen LogP contribution in [0.5, 0.6) is 5.88 Å². The lowest BCUT2D eigenvalue weighted by atomic mass is 10.3. The van der Waals surface area contributed by atoms with E-state index in [0.29, 0.717) is 0 Å².